The monoisotopic (exact) mass is 313 g/mol. The molecule has 1 amide bonds. The van der Waals surface area contributed by atoms with E-state index >= 15 is 0 Å². The van der Waals surface area contributed by atoms with Crippen LogP contribution in [0.15, 0.2) is 34.9 Å². The molecule has 1 N–H and O–H groups in total. The van der Waals surface area contributed by atoms with Gasteiger partial charge in [0.2, 0.25) is 0 Å². The second-order valence-electron chi connectivity index (χ2n) is 6.15. The second-order valence-corrected chi connectivity index (χ2v) is 6.15. The molecule has 2 aliphatic heterocycles. The van der Waals surface area contributed by atoms with Crippen LogP contribution in [0.1, 0.15) is 17.1 Å². The molecule has 1 aromatic carbocycles. The summed E-state index contributed by atoms with van der Waals surface area (Å²) in [6, 6.07) is 7.67. The van der Waals surface area contributed by atoms with Crippen LogP contribution in [0.3, 0.4) is 0 Å². The number of hydrogen-bond acceptors (Lipinski definition) is 5. The van der Waals surface area contributed by atoms with E-state index < -0.39 is 0 Å². The van der Waals surface area contributed by atoms with Crippen LogP contribution in [-0.4, -0.2) is 48.6 Å². The minimum absolute atomic E-state index is 0.119. The van der Waals surface area contributed by atoms with Crippen molar-refractivity contribution in [2.24, 2.45) is 5.92 Å². The Bertz CT molecular complexity index is 710. The molecule has 3 heterocycles. The van der Waals surface area contributed by atoms with E-state index in [1.165, 1.54) is 0 Å². The van der Waals surface area contributed by atoms with Crippen molar-refractivity contribution in [1.29, 1.82) is 0 Å². The third-order valence-corrected chi connectivity index (χ3v) is 4.72. The SMILES string of the molecule is COc1ccc(-c2cnc(C(=O)NC3CN4CC[C@H]3C4)o2)cc1. The van der Waals surface area contributed by atoms with Crippen molar-refractivity contribution >= 4 is 5.91 Å². The van der Waals surface area contributed by atoms with Gasteiger partial charge in [-0.3, -0.25) is 4.79 Å². The van der Waals surface area contributed by atoms with Gasteiger partial charge in [0.05, 0.1) is 13.3 Å². The molecule has 3 atom stereocenters. The first-order valence-corrected chi connectivity index (χ1v) is 7.86. The van der Waals surface area contributed by atoms with E-state index in [1.54, 1.807) is 13.3 Å². The zero-order valence-corrected chi connectivity index (χ0v) is 13.0. The maximum absolute atomic E-state index is 12.3. The van der Waals surface area contributed by atoms with E-state index in [2.05, 4.69) is 15.2 Å². The number of hydrogen-bond donors (Lipinski definition) is 1. The Balaban J connectivity index is 1.45. The zero-order valence-electron chi connectivity index (χ0n) is 13.0. The van der Waals surface area contributed by atoms with Gasteiger partial charge in [0, 0.05) is 24.7 Å². The summed E-state index contributed by atoms with van der Waals surface area (Å²) in [7, 11) is 1.62. The Hall–Kier alpha value is -2.34. The van der Waals surface area contributed by atoms with E-state index in [1.807, 2.05) is 24.3 Å². The van der Waals surface area contributed by atoms with Crippen molar-refractivity contribution in [3.05, 3.63) is 36.4 Å². The van der Waals surface area contributed by atoms with Gasteiger partial charge in [-0.2, -0.15) is 0 Å². The molecule has 2 bridgehead atoms. The van der Waals surface area contributed by atoms with Gasteiger partial charge in [0.1, 0.15) is 5.75 Å². The minimum atomic E-state index is -0.233. The molecule has 0 saturated carbocycles. The maximum Gasteiger partial charge on any atom is 0.307 e. The molecule has 2 aromatic rings. The van der Waals surface area contributed by atoms with Crippen LogP contribution in [0.4, 0.5) is 0 Å². The molecule has 1 aromatic heterocycles. The largest absolute Gasteiger partial charge is 0.497 e. The molecule has 6 heteroatoms. The number of fused-ring (bicyclic) bond motifs is 2. The normalized spacial score (nSPS) is 25.5. The number of nitrogens with one attached hydrogen (secondary N) is 1. The molecule has 0 radical (unpaired) electrons. The lowest BCUT2D eigenvalue weighted by atomic mass is 10.0. The smallest absolute Gasteiger partial charge is 0.307 e. The van der Waals surface area contributed by atoms with Crippen LogP contribution >= 0.6 is 0 Å². The maximum atomic E-state index is 12.3. The van der Waals surface area contributed by atoms with Gasteiger partial charge in [-0.15, -0.1) is 0 Å². The van der Waals surface area contributed by atoms with Crippen molar-refractivity contribution < 1.29 is 13.9 Å². The summed E-state index contributed by atoms with van der Waals surface area (Å²) < 4.78 is 10.8. The Kier molecular flexibility index (Phi) is 3.53. The van der Waals surface area contributed by atoms with Crippen molar-refractivity contribution in [1.82, 2.24) is 15.2 Å². The summed E-state index contributed by atoms with van der Waals surface area (Å²) in [4.78, 5) is 18.8. The summed E-state index contributed by atoms with van der Waals surface area (Å²) in [5.41, 5.74) is 0.864. The summed E-state index contributed by atoms with van der Waals surface area (Å²) in [5.74, 6) is 1.80. The summed E-state index contributed by atoms with van der Waals surface area (Å²) in [6.45, 7) is 3.17. The van der Waals surface area contributed by atoms with E-state index in [9.17, 15) is 4.79 Å². The first-order valence-electron chi connectivity index (χ1n) is 7.86. The van der Waals surface area contributed by atoms with E-state index in [0.29, 0.717) is 11.7 Å². The Labute approximate surface area is 134 Å². The number of benzene rings is 1. The number of amides is 1. The number of ether oxygens (including phenoxy) is 1. The number of methoxy groups -OCH3 is 1. The average Bonchev–Trinajstić information content (AvgIpc) is 3.31. The third kappa shape index (κ3) is 2.70. The van der Waals surface area contributed by atoms with Gasteiger partial charge in [-0.25, -0.2) is 4.98 Å². The molecule has 2 saturated heterocycles. The van der Waals surface area contributed by atoms with E-state index in [-0.39, 0.29) is 17.8 Å². The first-order chi connectivity index (χ1) is 11.2. The highest BCUT2D eigenvalue weighted by atomic mass is 16.5. The number of carbonyl (C=O) groups is 1. The molecule has 120 valence electrons. The summed E-state index contributed by atoms with van der Waals surface area (Å²) >= 11 is 0. The molecule has 2 unspecified atom stereocenters. The van der Waals surface area contributed by atoms with Crippen LogP contribution in [0.5, 0.6) is 5.75 Å². The van der Waals surface area contributed by atoms with E-state index in [0.717, 1.165) is 37.4 Å². The predicted octanol–water partition coefficient (Wildman–Crippen LogP) is 1.78. The van der Waals surface area contributed by atoms with Gasteiger partial charge in [0.15, 0.2) is 5.76 Å². The Morgan fingerprint density at radius 1 is 1.35 bits per heavy atom. The molecular formula is C17H19N3O3. The summed E-state index contributed by atoms with van der Waals surface area (Å²) in [5, 5.41) is 3.05. The van der Waals surface area contributed by atoms with Crippen molar-refractivity contribution in [2.45, 2.75) is 12.5 Å². The lowest BCUT2D eigenvalue weighted by Crippen LogP contribution is -2.43. The van der Waals surface area contributed by atoms with Gasteiger partial charge in [-0.1, -0.05) is 0 Å². The van der Waals surface area contributed by atoms with Crippen LogP contribution in [0, 0.1) is 5.92 Å². The molecule has 6 nitrogen and oxygen atoms in total. The number of carbonyl (C=O) groups excluding carboxylic acids is 1. The summed E-state index contributed by atoms with van der Waals surface area (Å²) in [6.07, 6.45) is 2.74. The van der Waals surface area contributed by atoms with Crippen LogP contribution in [0.2, 0.25) is 0 Å². The molecule has 4 rings (SSSR count). The van der Waals surface area contributed by atoms with Gasteiger partial charge in [0.25, 0.3) is 5.89 Å². The highest BCUT2D eigenvalue weighted by Gasteiger charge is 2.39. The fraction of sp³-hybridized carbons (Fsp3) is 0.412. The average molecular weight is 313 g/mol. The molecule has 2 fully saturated rings. The molecular weight excluding hydrogens is 294 g/mol. The fourth-order valence-electron chi connectivity index (χ4n) is 3.45. The topological polar surface area (TPSA) is 67.6 Å². The highest BCUT2D eigenvalue weighted by Crippen LogP contribution is 2.28. The van der Waals surface area contributed by atoms with E-state index in [4.69, 9.17) is 9.15 Å². The molecule has 2 aliphatic rings. The number of rotatable bonds is 4. The van der Waals surface area contributed by atoms with Gasteiger partial charge >= 0.3 is 5.91 Å². The molecule has 0 aliphatic carbocycles. The fourth-order valence-corrected chi connectivity index (χ4v) is 3.45. The molecule has 23 heavy (non-hydrogen) atoms. The Morgan fingerprint density at radius 3 is 2.83 bits per heavy atom. The standard InChI is InChI=1S/C17H19N3O3/c1-22-13-4-2-11(3-5-13)15-8-18-17(23-15)16(21)19-14-10-20-7-6-12(14)9-20/h2-5,8,12,14H,6-7,9-10H2,1H3,(H,19,21)/t12-,14?/m0/s1. The number of aromatic nitrogens is 1. The second kappa shape index (κ2) is 5.70. The third-order valence-electron chi connectivity index (χ3n) is 4.72. The number of nitrogens with zero attached hydrogens (tertiary/aromatic N) is 2. The number of piperidine rings is 1. The van der Waals surface area contributed by atoms with Crippen molar-refractivity contribution in [3.63, 3.8) is 0 Å². The first kappa shape index (κ1) is 14.3. The minimum Gasteiger partial charge on any atom is -0.497 e. The quantitative estimate of drug-likeness (QED) is 0.932. The van der Waals surface area contributed by atoms with Gasteiger partial charge < -0.3 is 19.4 Å². The van der Waals surface area contributed by atoms with Crippen LogP contribution < -0.4 is 10.1 Å². The Morgan fingerprint density at radius 2 is 2.17 bits per heavy atom. The molecule has 0 spiro atoms. The predicted molar refractivity (Wildman–Crippen MR) is 84.3 cm³/mol. The van der Waals surface area contributed by atoms with Gasteiger partial charge in [-0.05, 0) is 43.1 Å². The zero-order chi connectivity index (χ0) is 15.8. The van der Waals surface area contributed by atoms with Crippen LogP contribution in [0.25, 0.3) is 11.3 Å². The van der Waals surface area contributed by atoms with Crippen molar-refractivity contribution in [2.75, 3.05) is 26.7 Å². The van der Waals surface area contributed by atoms with Crippen LogP contribution in [-0.2, 0) is 0 Å². The highest BCUT2D eigenvalue weighted by molar-refractivity contribution is 5.90. The lowest BCUT2D eigenvalue weighted by Gasteiger charge is -2.22. The number of oxazole rings is 1. The van der Waals surface area contributed by atoms with Crippen molar-refractivity contribution in [3.8, 4) is 17.1 Å². The lowest BCUT2D eigenvalue weighted by molar-refractivity contribution is 0.0890.